The van der Waals surface area contributed by atoms with Crippen LogP contribution in [0.4, 0.5) is 5.69 Å². The van der Waals surface area contributed by atoms with Crippen LogP contribution in [0.5, 0.6) is 5.75 Å². The van der Waals surface area contributed by atoms with Crippen LogP contribution in [0.3, 0.4) is 0 Å². The van der Waals surface area contributed by atoms with Crippen molar-refractivity contribution in [3.8, 4) is 11.4 Å². The third kappa shape index (κ3) is 3.43. The maximum absolute atomic E-state index is 12.9. The topological polar surface area (TPSA) is 42.6 Å². The average molecular weight is 378 g/mol. The van der Waals surface area contributed by atoms with Crippen molar-refractivity contribution in [2.24, 2.45) is 7.05 Å². The fraction of sp³-hybridized carbons (Fsp3) is 0.318. The molecule has 1 aliphatic rings. The quantitative estimate of drug-likeness (QED) is 0.684. The lowest BCUT2D eigenvalue weighted by Crippen LogP contribution is -2.46. The number of benzene rings is 2. The molecule has 0 radical (unpaired) electrons. The van der Waals surface area contributed by atoms with Crippen molar-refractivity contribution in [3.63, 3.8) is 0 Å². The molecule has 6 nitrogen and oxygen atoms in total. The van der Waals surface area contributed by atoms with E-state index in [1.165, 1.54) is 5.69 Å². The van der Waals surface area contributed by atoms with Crippen molar-refractivity contribution >= 4 is 5.69 Å². The summed E-state index contributed by atoms with van der Waals surface area (Å²) in [6.07, 6.45) is 0. The van der Waals surface area contributed by atoms with E-state index in [9.17, 15) is 4.79 Å². The van der Waals surface area contributed by atoms with Crippen LogP contribution in [-0.4, -0.2) is 47.6 Å². The first-order valence-electron chi connectivity index (χ1n) is 9.61. The van der Waals surface area contributed by atoms with Crippen LogP contribution in [0, 0.1) is 0 Å². The van der Waals surface area contributed by atoms with Crippen molar-refractivity contribution in [1.82, 2.24) is 14.3 Å². The van der Waals surface area contributed by atoms with E-state index in [1.807, 2.05) is 48.1 Å². The average Bonchev–Trinajstić information content (AvgIpc) is 2.99. The lowest BCUT2D eigenvalue weighted by molar-refractivity contribution is 0.239. The molecule has 3 aromatic rings. The second kappa shape index (κ2) is 7.94. The molecule has 1 aliphatic heterocycles. The van der Waals surface area contributed by atoms with Crippen LogP contribution in [0.1, 0.15) is 5.69 Å². The number of rotatable bonds is 5. The van der Waals surface area contributed by atoms with E-state index in [2.05, 4.69) is 34.1 Å². The summed E-state index contributed by atoms with van der Waals surface area (Å²) in [5, 5.41) is 0. The Morgan fingerprint density at radius 2 is 1.43 bits per heavy atom. The zero-order valence-electron chi connectivity index (χ0n) is 16.4. The number of ether oxygens (including phenoxy) is 1. The van der Waals surface area contributed by atoms with Crippen LogP contribution in [0.2, 0.25) is 0 Å². The number of para-hydroxylation sites is 2. The largest absolute Gasteiger partial charge is 0.490 e. The van der Waals surface area contributed by atoms with Crippen LogP contribution in [-0.2, 0) is 13.6 Å². The van der Waals surface area contributed by atoms with Gasteiger partial charge in [0, 0.05) is 45.5 Å². The third-order valence-corrected chi connectivity index (χ3v) is 5.41. The molecule has 6 heteroatoms. The molecule has 146 valence electrons. The summed E-state index contributed by atoms with van der Waals surface area (Å²) in [7, 11) is 3.50. The van der Waals surface area contributed by atoms with Gasteiger partial charge in [0.05, 0.1) is 18.5 Å². The highest BCUT2D eigenvalue weighted by Crippen LogP contribution is 2.21. The summed E-state index contributed by atoms with van der Waals surface area (Å²) in [6.45, 7) is 4.53. The van der Waals surface area contributed by atoms with Gasteiger partial charge < -0.3 is 9.64 Å². The van der Waals surface area contributed by atoms with Gasteiger partial charge in [-0.2, -0.15) is 0 Å². The lowest BCUT2D eigenvalue weighted by atomic mass is 10.2. The summed E-state index contributed by atoms with van der Waals surface area (Å²) in [5.41, 5.74) is 2.90. The number of hydrogen-bond acceptors (Lipinski definition) is 4. The van der Waals surface area contributed by atoms with Gasteiger partial charge in [0.1, 0.15) is 0 Å². The maximum atomic E-state index is 12.9. The second-order valence-electron chi connectivity index (χ2n) is 7.05. The van der Waals surface area contributed by atoms with Crippen LogP contribution >= 0.6 is 0 Å². The molecule has 0 atom stereocenters. The smallest absolute Gasteiger partial charge is 0.314 e. The molecule has 0 spiro atoms. The molecule has 0 amide bonds. The van der Waals surface area contributed by atoms with E-state index in [0.29, 0.717) is 12.3 Å². The van der Waals surface area contributed by atoms with Crippen molar-refractivity contribution in [2.75, 3.05) is 38.2 Å². The molecule has 0 N–H and O–H groups in total. The molecule has 0 aliphatic carbocycles. The highest BCUT2D eigenvalue weighted by Gasteiger charge is 2.24. The number of aromatic nitrogens is 2. The fourth-order valence-corrected chi connectivity index (χ4v) is 3.88. The Hall–Kier alpha value is -2.99. The molecule has 1 fully saturated rings. The highest BCUT2D eigenvalue weighted by atomic mass is 16.5. The molecule has 1 aromatic heterocycles. The maximum Gasteiger partial charge on any atom is 0.314 e. The van der Waals surface area contributed by atoms with Gasteiger partial charge in [0.2, 0.25) is 5.75 Å². The van der Waals surface area contributed by atoms with E-state index in [-0.39, 0.29) is 5.56 Å². The third-order valence-electron chi connectivity index (χ3n) is 5.41. The van der Waals surface area contributed by atoms with E-state index >= 15 is 0 Å². The molecule has 0 unspecified atom stereocenters. The Morgan fingerprint density at radius 3 is 2.00 bits per heavy atom. The summed E-state index contributed by atoms with van der Waals surface area (Å²) in [5.74, 6) is 0.428. The van der Waals surface area contributed by atoms with Crippen molar-refractivity contribution < 1.29 is 4.74 Å². The predicted molar refractivity (Wildman–Crippen MR) is 111 cm³/mol. The van der Waals surface area contributed by atoms with Crippen LogP contribution in [0.15, 0.2) is 65.5 Å². The van der Waals surface area contributed by atoms with Crippen molar-refractivity contribution in [3.05, 3.63) is 76.7 Å². The molecule has 2 heterocycles. The van der Waals surface area contributed by atoms with E-state index in [0.717, 1.165) is 37.6 Å². The normalized spacial score (nSPS) is 15.0. The van der Waals surface area contributed by atoms with Crippen molar-refractivity contribution in [2.45, 2.75) is 6.54 Å². The Morgan fingerprint density at radius 1 is 0.857 bits per heavy atom. The minimum atomic E-state index is -0.117. The van der Waals surface area contributed by atoms with Gasteiger partial charge in [-0.1, -0.05) is 36.4 Å². The predicted octanol–water partition coefficient (Wildman–Crippen LogP) is 2.51. The summed E-state index contributed by atoms with van der Waals surface area (Å²) in [6, 6.07) is 20.2. The van der Waals surface area contributed by atoms with E-state index < -0.39 is 0 Å². The summed E-state index contributed by atoms with van der Waals surface area (Å²) >= 11 is 0. The van der Waals surface area contributed by atoms with E-state index in [4.69, 9.17) is 4.74 Å². The first-order valence-corrected chi connectivity index (χ1v) is 9.61. The molecule has 0 saturated carbocycles. The summed E-state index contributed by atoms with van der Waals surface area (Å²) < 4.78 is 9.09. The molecule has 1 saturated heterocycles. The zero-order valence-corrected chi connectivity index (χ0v) is 16.4. The number of methoxy groups -OCH3 is 1. The lowest BCUT2D eigenvalue weighted by Gasteiger charge is -2.36. The monoisotopic (exact) mass is 378 g/mol. The van der Waals surface area contributed by atoms with Gasteiger partial charge >= 0.3 is 5.56 Å². The minimum absolute atomic E-state index is 0.117. The number of nitrogens with zero attached hydrogens (tertiary/aromatic N) is 4. The molecule has 28 heavy (non-hydrogen) atoms. The Labute approximate surface area is 165 Å². The Kier molecular flexibility index (Phi) is 5.21. The molecule has 2 aromatic carbocycles. The van der Waals surface area contributed by atoms with Gasteiger partial charge in [0.15, 0.2) is 0 Å². The standard InChI is InChI=1S/C22H26N4O2/c1-23-20(21(28-2)22(27)26(23)19-11-7-4-8-12-19)17-24-13-15-25(16-14-24)18-9-5-3-6-10-18/h3-12H,13-17H2,1-2H3. The van der Waals surface area contributed by atoms with Crippen molar-refractivity contribution in [1.29, 1.82) is 0 Å². The first kappa shape index (κ1) is 18.4. The SMILES string of the molecule is COc1c(CN2CCN(c3ccccc3)CC2)n(C)n(-c2ccccc2)c1=O. The molecular formula is C22H26N4O2. The van der Waals surface area contributed by atoms with Gasteiger partial charge in [-0.05, 0) is 24.3 Å². The van der Waals surface area contributed by atoms with Crippen LogP contribution < -0.4 is 15.2 Å². The summed E-state index contributed by atoms with van der Waals surface area (Å²) in [4.78, 5) is 17.7. The van der Waals surface area contributed by atoms with Gasteiger partial charge in [-0.15, -0.1) is 0 Å². The van der Waals surface area contributed by atoms with Crippen LogP contribution in [0.25, 0.3) is 5.69 Å². The molecular weight excluding hydrogens is 352 g/mol. The van der Waals surface area contributed by atoms with Gasteiger partial charge in [-0.3, -0.25) is 14.4 Å². The second-order valence-corrected chi connectivity index (χ2v) is 7.05. The fourth-order valence-electron chi connectivity index (χ4n) is 3.88. The number of anilines is 1. The van der Waals surface area contributed by atoms with Gasteiger partial charge in [-0.25, -0.2) is 4.68 Å². The minimum Gasteiger partial charge on any atom is -0.490 e. The zero-order chi connectivity index (χ0) is 19.5. The van der Waals surface area contributed by atoms with Gasteiger partial charge in [0.25, 0.3) is 0 Å². The Balaban J connectivity index is 1.54. The number of piperazine rings is 1. The highest BCUT2D eigenvalue weighted by molar-refractivity contribution is 5.46. The first-order chi connectivity index (χ1) is 13.7. The van der Waals surface area contributed by atoms with E-state index in [1.54, 1.807) is 11.8 Å². The Bertz CT molecular complexity index is 971. The molecule has 4 rings (SSSR count). The number of hydrogen-bond donors (Lipinski definition) is 0. The molecule has 0 bridgehead atoms.